The van der Waals surface area contributed by atoms with Gasteiger partial charge in [-0.3, -0.25) is 4.99 Å². The standard InChI is InChI=1S/C27H38N2/c1-10-27(7,8)24-18-13-12-15-23(24)26(28-9)29(11-2)25-21(19(3)4)16-14-17-22(25)20(5)6/h11-20H,2,10H2,1,3-9H3. The van der Waals surface area contributed by atoms with Gasteiger partial charge in [-0.25, -0.2) is 0 Å². The molecule has 0 aliphatic carbocycles. The fourth-order valence-electron chi connectivity index (χ4n) is 3.89. The van der Waals surface area contributed by atoms with Crippen molar-refractivity contribution in [2.24, 2.45) is 4.99 Å². The zero-order chi connectivity index (χ0) is 21.8. The minimum atomic E-state index is 0.0673. The summed E-state index contributed by atoms with van der Waals surface area (Å²) in [7, 11) is 1.88. The van der Waals surface area contributed by atoms with E-state index in [-0.39, 0.29) is 5.41 Å². The number of aliphatic imine (C=N–C) groups is 1. The molecule has 2 heteroatoms. The van der Waals surface area contributed by atoms with E-state index in [0.29, 0.717) is 11.8 Å². The molecule has 0 fully saturated rings. The Morgan fingerprint density at radius 3 is 2.00 bits per heavy atom. The van der Waals surface area contributed by atoms with E-state index in [9.17, 15) is 0 Å². The first-order valence-corrected chi connectivity index (χ1v) is 10.8. The van der Waals surface area contributed by atoms with Crippen LogP contribution in [0.1, 0.15) is 89.0 Å². The summed E-state index contributed by atoms with van der Waals surface area (Å²) in [6.07, 6.45) is 2.99. The molecule has 156 valence electrons. The molecular weight excluding hydrogens is 352 g/mol. The summed E-state index contributed by atoms with van der Waals surface area (Å²) < 4.78 is 0. The lowest BCUT2D eigenvalue weighted by Gasteiger charge is -2.33. The normalized spacial score (nSPS) is 12.6. The van der Waals surface area contributed by atoms with E-state index < -0.39 is 0 Å². The number of hydrogen-bond donors (Lipinski definition) is 0. The zero-order valence-electron chi connectivity index (χ0n) is 19.6. The third-order valence-corrected chi connectivity index (χ3v) is 5.99. The van der Waals surface area contributed by atoms with E-state index in [1.165, 1.54) is 27.9 Å². The van der Waals surface area contributed by atoms with Crippen LogP contribution in [0.5, 0.6) is 0 Å². The van der Waals surface area contributed by atoms with E-state index in [4.69, 9.17) is 4.99 Å². The van der Waals surface area contributed by atoms with Gasteiger partial charge in [-0.2, -0.15) is 0 Å². The topological polar surface area (TPSA) is 15.6 Å². The first-order chi connectivity index (χ1) is 13.7. The summed E-state index contributed by atoms with van der Waals surface area (Å²) in [5.41, 5.74) is 6.43. The van der Waals surface area contributed by atoms with E-state index in [2.05, 4.69) is 102 Å². The van der Waals surface area contributed by atoms with Crippen LogP contribution in [0.25, 0.3) is 0 Å². The average Bonchev–Trinajstić information content (AvgIpc) is 2.71. The molecule has 29 heavy (non-hydrogen) atoms. The Hall–Kier alpha value is -2.35. The molecule has 0 amide bonds. The highest BCUT2D eigenvalue weighted by Gasteiger charge is 2.27. The minimum Gasteiger partial charge on any atom is -0.302 e. The van der Waals surface area contributed by atoms with Crippen molar-refractivity contribution in [3.63, 3.8) is 0 Å². The second-order valence-electron chi connectivity index (χ2n) is 8.98. The lowest BCUT2D eigenvalue weighted by atomic mass is 9.79. The fourth-order valence-corrected chi connectivity index (χ4v) is 3.89. The maximum Gasteiger partial charge on any atom is 0.139 e. The minimum absolute atomic E-state index is 0.0673. The first kappa shape index (κ1) is 22.9. The molecule has 0 heterocycles. The van der Waals surface area contributed by atoms with Gasteiger partial charge >= 0.3 is 0 Å². The Balaban J connectivity index is 2.78. The van der Waals surface area contributed by atoms with Crippen LogP contribution in [0.2, 0.25) is 0 Å². The molecule has 0 saturated heterocycles. The fraction of sp³-hybridized carbons (Fsp3) is 0.444. The molecular formula is C27H38N2. The van der Waals surface area contributed by atoms with Crippen LogP contribution in [-0.4, -0.2) is 12.9 Å². The number of amidine groups is 1. The van der Waals surface area contributed by atoms with Gasteiger partial charge < -0.3 is 4.90 Å². The van der Waals surface area contributed by atoms with Crippen molar-refractivity contribution in [2.45, 2.75) is 72.1 Å². The Kier molecular flexibility index (Phi) is 7.46. The van der Waals surface area contributed by atoms with Gasteiger partial charge in [0.15, 0.2) is 0 Å². The Labute approximate surface area is 178 Å². The van der Waals surface area contributed by atoms with Crippen molar-refractivity contribution < 1.29 is 0 Å². The van der Waals surface area contributed by atoms with E-state index in [1.807, 2.05) is 13.2 Å². The van der Waals surface area contributed by atoms with Crippen LogP contribution in [0.3, 0.4) is 0 Å². The average molecular weight is 391 g/mol. The summed E-state index contributed by atoms with van der Waals surface area (Å²) in [4.78, 5) is 6.99. The van der Waals surface area contributed by atoms with Gasteiger partial charge in [0, 0.05) is 18.8 Å². The SMILES string of the molecule is C=CN(C(=NC)c1ccccc1C(C)(C)CC)c1c(C(C)C)cccc1C(C)C. The predicted molar refractivity (Wildman–Crippen MR) is 130 cm³/mol. The maximum atomic E-state index is 4.79. The largest absolute Gasteiger partial charge is 0.302 e. The lowest BCUT2D eigenvalue weighted by Crippen LogP contribution is -2.31. The van der Waals surface area contributed by atoms with Crippen LogP contribution >= 0.6 is 0 Å². The summed E-state index contributed by atoms with van der Waals surface area (Å²) >= 11 is 0. The molecule has 0 bridgehead atoms. The van der Waals surface area contributed by atoms with Crippen LogP contribution in [0, 0.1) is 0 Å². The van der Waals surface area contributed by atoms with Crippen molar-refractivity contribution in [1.82, 2.24) is 0 Å². The van der Waals surface area contributed by atoms with Crippen molar-refractivity contribution in [3.05, 3.63) is 77.5 Å². The van der Waals surface area contributed by atoms with Crippen LogP contribution in [0.15, 0.2) is 60.2 Å². The van der Waals surface area contributed by atoms with Gasteiger partial charge in [0.2, 0.25) is 0 Å². The number of rotatable bonds is 7. The number of anilines is 1. The second-order valence-corrected chi connectivity index (χ2v) is 8.98. The molecule has 2 aromatic rings. The van der Waals surface area contributed by atoms with Gasteiger partial charge in [-0.05, 0) is 40.4 Å². The van der Waals surface area contributed by atoms with E-state index >= 15 is 0 Å². The highest BCUT2D eigenvalue weighted by Crippen LogP contribution is 2.38. The van der Waals surface area contributed by atoms with Crippen molar-refractivity contribution >= 4 is 11.5 Å². The van der Waals surface area contributed by atoms with Crippen LogP contribution < -0.4 is 4.90 Å². The summed E-state index contributed by atoms with van der Waals surface area (Å²) in [5, 5.41) is 0. The molecule has 0 unspecified atom stereocenters. The first-order valence-electron chi connectivity index (χ1n) is 10.8. The molecule has 0 radical (unpaired) electrons. The highest BCUT2D eigenvalue weighted by molar-refractivity contribution is 6.12. The number of para-hydroxylation sites is 1. The van der Waals surface area contributed by atoms with Crippen molar-refractivity contribution in [2.75, 3.05) is 11.9 Å². The third-order valence-electron chi connectivity index (χ3n) is 5.99. The van der Waals surface area contributed by atoms with Gasteiger partial charge in [-0.1, -0.05) is 97.5 Å². The third kappa shape index (κ3) is 4.63. The second kappa shape index (κ2) is 9.43. The monoisotopic (exact) mass is 390 g/mol. The molecule has 0 aliphatic heterocycles. The lowest BCUT2D eigenvalue weighted by molar-refractivity contribution is 0.505. The van der Waals surface area contributed by atoms with Gasteiger partial charge in [0.05, 0.1) is 5.69 Å². The Bertz CT molecular complexity index is 846. The van der Waals surface area contributed by atoms with Crippen molar-refractivity contribution in [3.8, 4) is 0 Å². The molecule has 0 N–H and O–H groups in total. The molecule has 2 rings (SSSR count). The molecule has 0 atom stereocenters. The quantitative estimate of drug-likeness (QED) is 0.350. The Morgan fingerprint density at radius 2 is 1.55 bits per heavy atom. The maximum absolute atomic E-state index is 4.79. The van der Waals surface area contributed by atoms with Gasteiger partial charge in [-0.15, -0.1) is 0 Å². The number of hydrogen-bond acceptors (Lipinski definition) is 1. The smallest absolute Gasteiger partial charge is 0.139 e. The molecule has 2 aromatic carbocycles. The molecule has 0 spiro atoms. The Morgan fingerprint density at radius 1 is 1.00 bits per heavy atom. The summed E-state index contributed by atoms with van der Waals surface area (Å²) in [5.74, 6) is 1.77. The van der Waals surface area contributed by atoms with Crippen LogP contribution in [-0.2, 0) is 5.41 Å². The zero-order valence-corrected chi connectivity index (χ0v) is 19.6. The summed E-state index contributed by atoms with van der Waals surface area (Å²) in [6, 6.07) is 15.3. The predicted octanol–water partition coefficient (Wildman–Crippen LogP) is 7.65. The molecule has 0 saturated carbocycles. The molecule has 0 aromatic heterocycles. The van der Waals surface area contributed by atoms with Gasteiger partial charge in [0.25, 0.3) is 0 Å². The van der Waals surface area contributed by atoms with Crippen molar-refractivity contribution in [1.29, 1.82) is 0 Å². The summed E-state index contributed by atoms with van der Waals surface area (Å²) in [6.45, 7) is 20.0. The highest BCUT2D eigenvalue weighted by atomic mass is 15.2. The number of nitrogens with zero attached hydrogens (tertiary/aromatic N) is 2. The number of benzene rings is 2. The van der Waals surface area contributed by atoms with Gasteiger partial charge in [0.1, 0.15) is 5.84 Å². The van der Waals surface area contributed by atoms with E-state index in [1.54, 1.807) is 0 Å². The van der Waals surface area contributed by atoms with Crippen LogP contribution in [0.4, 0.5) is 5.69 Å². The molecule has 2 nitrogen and oxygen atoms in total. The molecule has 0 aliphatic rings. The van der Waals surface area contributed by atoms with E-state index in [0.717, 1.165) is 12.3 Å².